The van der Waals surface area contributed by atoms with Crippen LogP contribution in [0.3, 0.4) is 0 Å². The van der Waals surface area contributed by atoms with Gasteiger partial charge in [-0.15, -0.1) is 0 Å². The lowest BCUT2D eigenvalue weighted by Gasteiger charge is -2.14. The van der Waals surface area contributed by atoms with Crippen LogP contribution in [0.2, 0.25) is 0 Å². The van der Waals surface area contributed by atoms with Crippen molar-refractivity contribution in [3.63, 3.8) is 0 Å². The van der Waals surface area contributed by atoms with Gasteiger partial charge < -0.3 is 15.2 Å². The SMILES string of the molecule is CCCCCCC(C)NCCOc1ccccc1C(=O)O. The Morgan fingerprint density at radius 2 is 2.05 bits per heavy atom. The maximum absolute atomic E-state index is 11.0. The van der Waals surface area contributed by atoms with Crippen LogP contribution in [0, 0.1) is 0 Å². The average molecular weight is 293 g/mol. The maximum atomic E-state index is 11.0. The molecule has 2 N–H and O–H groups in total. The first kappa shape index (κ1) is 17.5. The van der Waals surface area contributed by atoms with Gasteiger partial charge in [0, 0.05) is 12.6 Å². The normalized spacial score (nSPS) is 12.1. The van der Waals surface area contributed by atoms with Gasteiger partial charge in [-0.2, -0.15) is 0 Å². The summed E-state index contributed by atoms with van der Waals surface area (Å²) in [6, 6.07) is 7.21. The molecule has 0 aliphatic rings. The van der Waals surface area contributed by atoms with E-state index in [-0.39, 0.29) is 5.56 Å². The van der Waals surface area contributed by atoms with Crippen LogP contribution in [0.1, 0.15) is 56.3 Å². The molecular formula is C17H27NO3. The predicted molar refractivity (Wildman–Crippen MR) is 85.1 cm³/mol. The molecule has 0 saturated carbocycles. The Morgan fingerprint density at radius 1 is 1.29 bits per heavy atom. The summed E-state index contributed by atoms with van der Waals surface area (Å²) in [4.78, 5) is 11.0. The second-order valence-corrected chi connectivity index (χ2v) is 5.35. The Bertz CT molecular complexity index is 420. The molecule has 4 heteroatoms. The van der Waals surface area contributed by atoms with Crippen molar-refractivity contribution in [3.8, 4) is 5.75 Å². The Hall–Kier alpha value is -1.55. The van der Waals surface area contributed by atoms with Crippen LogP contribution < -0.4 is 10.1 Å². The number of carbonyl (C=O) groups is 1. The molecule has 1 aromatic rings. The van der Waals surface area contributed by atoms with Crippen LogP contribution in [0.25, 0.3) is 0 Å². The highest BCUT2D eigenvalue weighted by Crippen LogP contribution is 2.17. The van der Waals surface area contributed by atoms with Crippen LogP contribution >= 0.6 is 0 Å². The zero-order chi connectivity index (χ0) is 15.5. The highest BCUT2D eigenvalue weighted by Gasteiger charge is 2.09. The molecule has 0 aliphatic carbocycles. The van der Waals surface area contributed by atoms with Gasteiger partial charge in [-0.25, -0.2) is 4.79 Å². The van der Waals surface area contributed by atoms with E-state index in [1.807, 2.05) is 0 Å². The van der Waals surface area contributed by atoms with Gasteiger partial charge in [0.25, 0.3) is 0 Å². The maximum Gasteiger partial charge on any atom is 0.339 e. The number of benzene rings is 1. The standard InChI is InChI=1S/C17H27NO3/c1-3-4-5-6-9-14(2)18-12-13-21-16-11-8-7-10-15(16)17(19)20/h7-8,10-11,14,18H,3-6,9,12-13H2,1-2H3,(H,19,20). The molecular weight excluding hydrogens is 266 g/mol. The van der Waals surface area contributed by atoms with E-state index in [9.17, 15) is 4.79 Å². The van der Waals surface area contributed by atoms with Crippen LogP contribution in [0.15, 0.2) is 24.3 Å². The molecule has 0 aromatic heterocycles. The molecule has 0 amide bonds. The summed E-state index contributed by atoms with van der Waals surface area (Å²) in [5.41, 5.74) is 0.213. The van der Waals surface area contributed by atoms with E-state index in [0.29, 0.717) is 18.4 Å². The van der Waals surface area contributed by atoms with E-state index in [1.54, 1.807) is 24.3 Å². The summed E-state index contributed by atoms with van der Waals surface area (Å²) in [5, 5.41) is 12.5. The molecule has 1 unspecified atom stereocenters. The van der Waals surface area contributed by atoms with Gasteiger partial charge in [-0.3, -0.25) is 0 Å². The number of carboxylic acid groups (broad SMARTS) is 1. The molecule has 1 aromatic carbocycles. The van der Waals surface area contributed by atoms with Crippen molar-refractivity contribution >= 4 is 5.97 Å². The Labute approximate surface area is 127 Å². The minimum atomic E-state index is -0.956. The second kappa shape index (κ2) is 10.2. The van der Waals surface area contributed by atoms with E-state index < -0.39 is 5.97 Å². The molecule has 0 fully saturated rings. The minimum Gasteiger partial charge on any atom is -0.491 e. The summed E-state index contributed by atoms with van der Waals surface area (Å²) in [7, 11) is 0. The third kappa shape index (κ3) is 7.14. The summed E-state index contributed by atoms with van der Waals surface area (Å²) in [5.74, 6) is -0.523. The van der Waals surface area contributed by atoms with Crippen molar-refractivity contribution in [2.75, 3.05) is 13.2 Å². The molecule has 118 valence electrons. The van der Waals surface area contributed by atoms with Gasteiger partial charge >= 0.3 is 5.97 Å². The monoisotopic (exact) mass is 293 g/mol. The molecule has 0 heterocycles. The number of aromatic carboxylic acids is 1. The number of para-hydroxylation sites is 1. The Morgan fingerprint density at radius 3 is 2.76 bits per heavy atom. The summed E-state index contributed by atoms with van der Waals surface area (Å²) in [6.45, 7) is 5.59. The highest BCUT2D eigenvalue weighted by atomic mass is 16.5. The van der Waals surface area contributed by atoms with Crippen LogP contribution in [-0.4, -0.2) is 30.3 Å². The smallest absolute Gasteiger partial charge is 0.339 e. The fourth-order valence-corrected chi connectivity index (χ4v) is 2.21. The quantitative estimate of drug-likeness (QED) is 0.611. The number of unbranched alkanes of at least 4 members (excludes halogenated alkanes) is 3. The largest absolute Gasteiger partial charge is 0.491 e. The van der Waals surface area contributed by atoms with E-state index in [0.717, 1.165) is 6.54 Å². The fourth-order valence-electron chi connectivity index (χ4n) is 2.21. The van der Waals surface area contributed by atoms with Gasteiger partial charge in [0.1, 0.15) is 17.9 Å². The molecule has 4 nitrogen and oxygen atoms in total. The van der Waals surface area contributed by atoms with E-state index >= 15 is 0 Å². The first-order valence-corrected chi connectivity index (χ1v) is 7.83. The zero-order valence-corrected chi connectivity index (χ0v) is 13.1. The lowest BCUT2D eigenvalue weighted by atomic mass is 10.1. The topological polar surface area (TPSA) is 58.6 Å². The van der Waals surface area contributed by atoms with Crippen molar-refractivity contribution in [2.45, 2.75) is 52.0 Å². The third-order valence-corrected chi connectivity index (χ3v) is 3.46. The van der Waals surface area contributed by atoms with Gasteiger partial charge in [0.15, 0.2) is 0 Å². The molecule has 0 spiro atoms. The number of rotatable bonds is 11. The van der Waals surface area contributed by atoms with Crippen molar-refractivity contribution < 1.29 is 14.6 Å². The number of nitrogens with one attached hydrogen (secondary N) is 1. The number of ether oxygens (including phenoxy) is 1. The molecule has 1 rings (SSSR count). The molecule has 1 atom stereocenters. The first-order chi connectivity index (χ1) is 10.1. The first-order valence-electron chi connectivity index (χ1n) is 7.83. The predicted octanol–water partition coefficient (Wildman–Crippen LogP) is 3.71. The van der Waals surface area contributed by atoms with Crippen LogP contribution in [0.5, 0.6) is 5.75 Å². The summed E-state index contributed by atoms with van der Waals surface area (Å²) < 4.78 is 5.55. The molecule has 21 heavy (non-hydrogen) atoms. The highest BCUT2D eigenvalue weighted by molar-refractivity contribution is 5.90. The van der Waals surface area contributed by atoms with Crippen molar-refractivity contribution in [1.82, 2.24) is 5.32 Å². The van der Waals surface area contributed by atoms with E-state index in [2.05, 4.69) is 19.2 Å². The minimum absolute atomic E-state index is 0.213. The average Bonchev–Trinajstić information content (AvgIpc) is 2.48. The molecule has 0 bridgehead atoms. The van der Waals surface area contributed by atoms with Crippen molar-refractivity contribution in [1.29, 1.82) is 0 Å². The van der Waals surface area contributed by atoms with Gasteiger partial charge in [0.05, 0.1) is 0 Å². The number of hydrogen-bond donors (Lipinski definition) is 2. The zero-order valence-electron chi connectivity index (χ0n) is 13.1. The molecule has 0 saturated heterocycles. The Kier molecular flexibility index (Phi) is 8.51. The van der Waals surface area contributed by atoms with Crippen LogP contribution in [0.4, 0.5) is 0 Å². The third-order valence-electron chi connectivity index (χ3n) is 3.46. The molecule has 0 radical (unpaired) electrons. The number of hydrogen-bond acceptors (Lipinski definition) is 3. The van der Waals surface area contributed by atoms with Gasteiger partial charge in [-0.05, 0) is 25.5 Å². The van der Waals surface area contributed by atoms with Crippen molar-refractivity contribution in [3.05, 3.63) is 29.8 Å². The van der Waals surface area contributed by atoms with Crippen molar-refractivity contribution in [2.24, 2.45) is 0 Å². The van der Waals surface area contributed by atoms with Gasteiger partial charge in [-0.1, -0.05) is 44.7 Å². The van der Waals surface area contributed by atoms with E-state index in [4.69, 9.17) is 9.84 Å². The van der Waals surface area contributed by atoms with Gasteiger partial charge in [0.2, 0.25) is 0 Å². The summed E-state index contributed by atoms with van der Waals surface area (Å²) >= 11 is 0. The molecule has 0 aliphatic heterocycles. The summed E-state index contributed by atoms with van der Waals surface area (Å²) in [6.07, 6.45) is 6.29. The lowest BCUT2D eigenvalue weighted by Crippen LogP contribution is -2.30. The fraction of sp³-hybridized carbons (Fsp3) is 0.588. The Balaban J connectivity index is 2.21. The lowest BCUT2D eigenvalue weighted by molar-refractivity contribution is 0.0692. The van der Waals surface area contributed by atoms with E-state index in [1.165, 1.54) is 32.1 Å². The van der Waals surface area contributed by atoms with Crippen LogP contribution in [-0.2, 0) is 0 Å². The second-order valence-electron chi connectivity index (χ2n) is 5.35. The number of carboxylic acids is 1.